The summed E-state index contributed by atoms with van der Waals surface area (Å²) >= 11 is 0. The highest BCUT2D eigenvalue weighted by molar-refractivity contribution is 5.90. The van der Waals surface area contributed by atoms with Gasteiger partial charge in [-0.25, -0.2) is 14.8 Å². The smallest absolute Gasteiger partial charge is 0.409 e. The molecule has 0 atom stereocenters. The van der Waals surface area contributed by atoms with E-state index in [1.54, 1.807) is 17.3 Å². The van der Waals surface area contributed by atoms with Crippen LogP contribution in [0.25, 0.3) is 22.3 Å². The molecule has 3 heterocycles. The van der Waals surface area contributed by atoms with E-state index in [1.807, 2.05) is 36.4 Å². The summed E-state index contributed by atoms with van der Waals surface area (Å²) in [5.41, 5.74) is 1.83. The maximum Gasteiger partial charge on any atom is 0.409 e. The van der Waals surface area contributed by atoms with Crippen LogP contribution in [0.1, 0.15) is 12.8 Å². The van der Waals surface area contributed by atoms with Gasteiger partial charge in [-0.05, 0) is 37.1 Å². The van der Waals surface area contributed by atoms with E-state index in [0.717, 1.165) is 35.1 Å². The van der Waals surface area contributed by atoms with Crippen molar-refractivity contribution in [2.24, 2.45) is 0 Å². The molecule has 27 heavy (non-hydrogen) atoms. The molecule has 0 spiro atoms. The Labute approximate surface area is 157 Å². The van der Waals surface area contributed by atoms with Crippen LogP contribution in [0.3, 0.4) is 0 Å². The molecule has 0 bridgehead atoms. The zero-order valence-electron chi connectivity index (χ0n) is 15.1. The lowest BCUT2D eigenvalue weighted by Crippen LogP contribution is -2.42. The van der Waals surface area contributed by atoms with Crippen LogP contribution in [0.5, 0.6) is 0 Å². The third-order valence-electron chi connectivity index (χ3n) is 4.81. The number of rotatable bonds is 3. The van der Waals surface area contributed by atoms with E-state index >= 15 is 0 Å². The van der Waals surface area contributed by atoms with E-state index in [4.69, 9.17) is 14.7 Å². The fraction of sp³-hybridized carbons (Fsp3) is 0.300. The van der Waals surface area contributed by atoms with Crippen molar-refractivity contribution < 1.29 is 9.53 Å². The zero-order chi connectivity index (χ0) is 18.6. The predicted molar refractivity (Wildman–Crippen MR) is 103 cm³/mol. The van der Waals surface area contributed by atoms with Gasteiger partial charge >= 0.3 is 6.09 Å². The summed E-state index contributed by atoms with van der Waals surface area (Å²) in [4.78, 5) is 26.9. The number of hydrogen-bond donors (Lipinski definition) is 1. The average molecular weight is 363 g/mol. The Bertz CT molecular complexity index is 940. The van der Waals surface area contributed by atoms with Crippen LogP contribution in [0, 0.1) is 0 Å². The largest absolute Gasteiger partial charge is 0.453 e. The van der Waals surface area contributed by atoms with Gasteiger partial charge in [-0.15, -0.1) is 0 Å². The molecule has 7 heteroatoms. The van der Waals surface area contributed by atoms with Gasteiger partial charge in [0.25, 0.3) is 0 Å². The van der Waals surface area contributed by atoms with E-state index in [2.05, 4.69) is 10.3 Å². The Kier molecular flexibility index (Phi) is 4.82. The number of carbonyl (C=O) groups excluding carboxylic acids is 1. The molecule has 7 nitrogen and oxygen atoms in total. The number of methoxy groups -OCH3 is 1. The standard InChI is InChI=1S/C20H21N5O2/c1-27-20(26)25-12-8-15(9-13-25)22-19-16-4-2-3-5-17(16)23-18(24-19)14-6-10-21-11-7-14/h2-7,10-11,15H,8-9,12-13H2,1H3,(H,22,23,24). The van der Waals surface area contributed by atoms with Crippen molar-refractivity contribution in [1.82, 2.24) is 19.9 Å². The van der Waals surface area contributed by atoms with Gasteiger partial charge in [0.15, 0.2) is 5.82 Å². The van der Waals surface area contributed by atoms with E-state index in [9.17, 15) is 4.79 Å². The van der Waals surface area contributed by atoms with Crippen molar-refractivity contribution in [1.29, 1.82) is 0 Å². The van der Waals surface area contributed by atoms with Gasteiger partial charge in [0.05, 0.1) is 12.6 Å². The molecule has 0 aliphatic carbocycles. The van der Waals surface area contributed by atoms with Crippen LogP contribution in [0.15, 0.2) is 48.8 Å². The molecular formula is C20H21N5O2. The minimum Gasteiger partial charge on any atom is -0.453 e. The van der Waals surface area contributed by atoms with Crippen LogP contribution in [-0.4, -0.2) is 52.2 Å². The molecule has 1 amide bonds. The van der Waals surface area contributed by atoms with Gasteiger partial charge in [0, 0.05) is 42.5 Å². The highest BCUT2D eigenvalue weighted by Crippen LogP contribution is 2.26. The van der Waals surface area contributed by atoms with Crippen LogP contribution in [0.4, 0.5) is 10.6 Å². The highest BCUT2D eigenvalue weighted by atomic mass is 16.5. The number of pyridine rings is 1. The number of aromatic nitrogens is 3. The number of ether oxygens (including phenoxy) is 1. The Morgan fingerprint density at radius 3 is 2.59 bits per heavy atom. The SMILES string of the molecule is COC(=O)N1CCC(Nc2nc(-c3ccncc3)nc3ccccc23)CC1. The third-order valence-corrected chi connectivity index (χ3v) is 4.81. The number of nitrogens with one attached hydrogen (secondary N) is 1. The number of nitrogens with zero attached hydrogens (tertiary/aromatic N) is 4. The van der Waals surface area contributed by atoms with E-state index in [1.165, 1.54) is 7.11 Å². The second-order valence-corrected chi connectivity index (χ2v) is 6.52. The van der Waals surface area contributed by atoms with Gasteiger partial charge in [-0.3, -0.25) is 4.98 Å². The van der Waals surface area contributed by atoms with E-state index in [-0.39, 0.29) is 12.1 Å². The van der Waals surface area contributed by atoms with Gasteiger partial charge in [0.2, 0.25) is 0 Å². The number of para-hydroxylation sites is 1. The number of likely N-dealkylation sites (tertiary alicyclic amines) is 1. The van der Waals surface area contributed by atoms with E-state index < -0.39 is 0 Å². The predicted octanol–water partition coefficient (Wildman–Crippen LogP) is 3.33. The lowest BCUT2D eigenvalue weighted by Gasteiger charge is -2.31. The van der Waals surface area contributed by atoms with Crippen LogP contribution in [0.2, 0.25) is 0 Å². The molecule has 1 aromatic carbocycles. The molecule has 138 valence electrons. The summed E-state index contributed by atoms with van der Waals surface area (Å²) < 4.78 is 4.81. The normalized spacial score (nSPS) is 14.9. The minimum atomic E-state index is -0.263. The maximum absolute atomic E-state index is 11.7. The number of anilines is 1. The maximum atomic E-state index is 11.7. The number of carbonyl (C=O) groups is 1. The molecule has 0 saturated carbocycles. The molecule has 1 fully saturated rings. The van der Waals surface area contributed by atoms with Gasteiger partial charge < -0.3 is 15.0 Å². The lowest BCUT2D eigenvalue weighted by atomic mass is 10.1. The van der Waals surface area contributed by atoms with Crippen LogP contribution >= 0.6 is 0 Å². The second kappa shape index (κ2) is 7.57. The summed E-state index contributed by atoms with van der Waals surface area (Å²) in [5.74, 6) is 1.49. The van der Waals surface area contributed by atoms with Crippen molar-refractivity contribution in [2.45, 2.75) is 18.9 Å². The van der Waals surface area contributed by atoms with Crippen molar-refractivity contribution in [2.75, 3.05) is 25.5 Å². The summed E-state index contributed by atoms with van der Waals surface area (Å²) in [6, 6.07) is 12.0. The first-order chi connectivity index (χ1) is 13.2. The average Bonchev–Trinajstić information content (AvgIpc) is 2.74. The molecule has 1 N–H and O–H groups in total. The Morgan fingerprint density at radius 1 is 1.11 bits per heavy atom. The first-order valence-electron chi connectivity index (χ1n) is 9.01. The molecule has 1 aliphatic rings. The Morgan fingerprint density at radius 2 is 1.85 bits per heavy atom. The molecule has 0 unspecified atom stereocenters. The Balaban J connectivity index is 1.60. The highest BCUT2D eigenvalue weighted by Gasteiger charge is 2.24. The lowest BCUT2D eigenvalue weighted by molar-refractivity contribution is 0.113. The summed E-state index contributed by atoms with van der Waals surface area (Å²) in [7, 11) is 1.42. The van der Waals surface area contributed by atoms with Gasteiger partial charge in [-0.1, -0.05) is 12.1 Å². The summed E-state index contributed by atoms with van der Waals surface area (Å²) in [6.07, 6.45) is 4.91. The van der Waals surface area contributed by atoms with E-state index in [0.29, 0.717) is 18.9 Å². The first-order valence-corrected chi connectivity index (χ1v) is 9.01. The third kappa shape index (κ3) is 3.67. The zero-order valence-corrected chi connectivity index (χ0v) is 15.1. The number of amides is 1. The molecular weight excluding hydrogens is 342 g/mol. The molecule has 1 saturated heterocycles. The number of hydrogen-bond acceptors (Lipinski definition) is 6. The van der Waals surface area contributed by atoms with Gasteiger partial charge in [0.1, 0.15) is 5.82 Å². The fourth-order valence-corrected chi connectivity index (χ4v) is 3.35. The summed E-state index contributed by atoms with van der Waals surface area (Å²) in [5, 5.41) is 4.56. The van der Waals surface area contributed by atoms with Crippen molar-refractivity contribution in [3.05, 3.63) is 48.8 Å². The van der Waals surface area contributed by atoms with Crippen LogP contribution < -0.4 is 5.32 Å². The van der Waals surface area contributed by atoms with Crippen molar-refractivity contribution >= 4 is 22.8 Å². The van der Waals surface area contributed by atoms with Crippen LogP contribution in [-0.2, 0) is 4.74 Å². The fourth-order valence-electron chi connectivity index (χ4n) is 3.35. The van der Waals surface area contributed by atoms with Crippen molar-refractivity contribution in [3.63, 3.8) is 0 Å². The molecule has 2 aromatic heterocycles. The monoisotopic (exact) mass is 363 g/mol. The van der Waals surface area contributed by atoms with Gasteiger partial charge in [-0.2, -0.15) is 0 Å². The minimum absolute atomic E-state index is 0.245. The Hall–Kier alpha value is -3.22. The number of piperidine rings is 1. The topological polar surface area (TPSA) is 80.2 Å². The van der Waals surface area contributed by atoms with Crippen molar-refractivity contribution in [3.8, 4) is 11.4 Å². The second-order valence-electron chi connectivity index (χ2n) is 6.52. The quantitative estimate of drug-likeness (QED) is 0.769. The molecule has 4 rings (SSSR count). The molecule has 3 aromatic rings. The molecule has 0 radical (unpaired) electrons. The number of fused-ring (bicyclic) bond motifs is 1. The number of benzene rings is 1. The molecule has 1 aliphatic heterocycles. The first kappa shape index (κ1) is 17.2. The summed E-state index contributed by atoms with van der Waals surface area (Å²) in [6.45, 7) is 1.34.